The molecule has 5 heteroatoms. The summed E-state index contributed by atoms with van der Waals surface area (Å²) in [6.45, 7) is 12.3. The van der Waals surface area contributed by atoms with Gasteiger partial charge in [-0.1, -0.05) is 34.1 Å². The Morgan fingerprint density at radius 1 is 1.23 bits per heavy atom. The zero-order chi connectivity index (χ0) is 22.4. The first-order valence-electron chi connectivity index (χ1n) is 11.4. The van der Waals surface area contributed by atoms with Crippen LogP contribution in [-0.4, -0.2) is 19.4 Å². The van der Waals surface area contributed by atoms with E-state index in [1.54, 1.807) is 11.3 Å². The maximum Gasteiger partial charge on any atom is 0.161 e. The minimum Gasteiger partial charge on any atom is -0.490 e. The SMILES string of the molecule is CCCCOc1ccc(C=Nc2sc3c(c2C#N)CC[C@@H](C(C)(C)C)C3)cc1OCC. The van der Waals surface area contributed by atoms with Crippen molar-refractivity contribution in [3.63, 3.8) is 0 Å². The van der Waals surface area contributed by atoms with E-state index in [1.807, 2.05) is 31.3 Å². The standard InChI is InChI=1S/C26H34N2O2S/c1-6-8-13-30-22-12-9-18(14-23(22)29-7-2)17-28-25-21(16-27)20-11-10-19(26(3,4)5)15-24(20)31-25/h9,12,14,17,19H,6-8,10-11,13,15H2,1-5H3/t19-/m1/s1. The maximum atomic E-state index is 9.79. The number of benzene rings is 1. The number of rotatable bonds is 8. The van der Waals surface area contributed by atoms with Gasteiger partial charge < -0.3 is 9.47 Å². The Morgan fingerprint density at radius 2 is 2.03 bits per heavy atom. The number of nitrogens with zero attached hydrogens (tertiary/aromatic N) is 2. The summed E-state index contributed by atoms with van der Waals surface area (Å²) >= 11 is 1.68. The third kappa shape index (κ3) is 5.68. The number of hydrogen-bond donors (Lipinski definition) is 0. The minimum atomic E-state index is 0.286. The third-order valence-corrected chi connectivity index (χ3v) is 7.10. The lowest BCUT2D eigenvalue weighted by molar-refractivity contribution is 0.218. The number of fused-ring (bicyclic) bond motifs is 1. The van der Waals surface area contributed by atoms with E-state index in [-0.39, 0.29) is 5.41 Å². The fourth-order valence-electron chi connectivity index (χ4n) is 3.97. The normalized spacial score (nSPS) is 16.2. The van der Waals surface area contributed by atoms with Gasteiger partial charge in [0, 0.05) is 11.1 Å². The summed E-state index contributed by atoms with van der Waals surface area (Å²) in [5.41, 5.74) is 3.20. The van der Waals surface area contributed by atoms with Crippen molar-refractivity contribution in [2.75, 3.05) is 13.2 Å². The number of aliphatic imine (C=N–C) groups is 1. The van der Waals surface area contributed by atoms with E-state index in [0.29, 0.717) is 19.1 Å². The van der Waals surface area contributed by atoms with Crippen LogP contribution in [0.1, 0.15) is 75.4 Å². The van der Waals surface area contributed by atoms with E-state index in [0.717, 1.165) is 59.7 Å². The molecule has 0 fully saturated rings. The van der Waals surface area contributed by atoms with Gasteiger partial charge in [0.15, 0.2) is 11.5 Å². The Hall–Kier alpha value is -2.32. The van der Waals surface area contributed by atoms with Crippen LogP contribution in [0.2, 0.25) is 0 Å². The predicted molar refractivity (Wildman–Crippen MR) is 129 cm³/mol. The van der Waals surface area contributed by atoms with Crippen LogP contribution in [0.3, 0.4) is 0 Å². The van der Waals surface area contributed by atoms with Crippen LogP contribution >= 0.6 is 11.3 Å². The van der Waals surface area contributed by atoms with E-state index in [2.05, 4.69) is 33.8 Å². The van der Waals surface area contributed by atoms with Gasteiger partial charge in [-0.2, -0.15) is 5.26 Å². The first-order chi connectivity index (χ1) is 14.9. The smallest absolute Gasteiger partial charge is 0.161 e. The highest BCUT2D eigenvalue weighted by atomic mass is 32.1. The Labute approximate surface area is 190 Å². The Morgan fingerprint density at radius 3 is 2.71 bits per heavy atom. The van der Waals surface area contributed by atoms with Crippen molar-refractivity contribution in [2.45, 2.75) is 66.7 Å². The van der Waals surface area contributed by atoms with Crippen LogP contribution in [0, 0.1) is 22.7 Å². The van der Waals surface area contributed by atoms with Gasteiger partial charge in [-0.05, 0) is 73.3 Å². The summed E-state index contributed by atoms with van der Waals surface area (Å²) < 4.78 is 11.6. The van der Waals surface area contributed by atoms with Crippen molar-refractivity contribution in [2.24, 2.45) is 16.3 Å². The monoisotopic (exact) mass is 438 g/mol. The molecule has 0 aliphatic heterocycles. The molecule has 0 saturated heterocycles. The van der Waals surface area contributed by atoms with Crippen LogP contribution in [0.5, 0.6) is 11.5 Å². The van der Waals surface area contributed by atoms with E-state index in [1.165, 1.54) is 10.4 Å². The van der Waals surface area contributed by atoms with Crippen molar-refractivity contribution in [1.82, 2.24) is 0 Å². The fourth-order valence-corrected chi connectivity index (χ4v) is 5.19. The molecular weight excluding hydrogens is 404 g/mol. The van der Waals surface area contributed by atoms with Gasteiger partial charge in [-0.25, -0.2) is 4.99 Å². The lowest BCUT2D eigenvalue weighted by Crippen LogP contribution is -2.26. The number of ether oxygens (including phenoxy) is 2. The first-order valence-corrected chi connectivity index (χ1v) is 12.2. The van der Waals surface area contributed by atoms with Crippen LogP contribution in [0.25, 0.3) is 0 Å². The molecule has 4 nitrogen and oxygen atoms in total. The highest BCUT2D eigenvalue weighted by Gasteiger charge is 2.32. The van der Waals surface area contributed by atoms with Gasteiger partial charge in [-0.15, -0.1) is 11.3 Å². The van der Waals surface area contributed by atoms with Gasteiger partial charge in [0.1, 0.15) is 11.1 Å². The Bertz CT molecular complexity index is 963. The summed E-state index contributed by atoms with van der Waals surface area (Å²) in [5, 5.41) is 10.6. The van der Waals surface area contributed by atoms with Crippen molar-refractivity contribution in [3.05, 3.63) is 39.8 Å². The largest absolute Gasteiger partial charge is 0.490 e. The van der Waals surface area contributed by atoms with Crippen molar-refractivity contribution in [3.8, 4) is 17.6 Å². The molecule has 0 radical (unpaired) electrons. The molecule has 1 heterocycles. The topological polar surface area (TPSA) is 54.6 Å². The molecule has 1 aromatic heterocycles. The molecular formula is C26H34N2O2S. The van der Waals surface area contributed by atoms with E-state index >= 15 is 0 Å². The average molecular weight is 439 g/mol. The lowest BCUT2D eigenvalue weighted by atomic mass is 9.72. The van der Waals surface area contributed by atoms with Crippen LogP contribution in [0.15, 0.2) is 23.2 Å². The maximum absolute atomic E-state index is 9.79. The molecule has 166 valence electrons. The van der Waals surface area contributed by atoms with Gasteiger partial charge in [0.2, 0.25) is 0 Å². The molecule has 0 spiro atoms. The summed E-state index contributed by atoms with van der Waals surface area (Å²) in [4.78, 5) is 6.06. The van der Waals surface area contributed by atoms with Crippen LogP contribution in [-0.2, 0) is 12.8 Å². The second-order valence-corrected chi connectivity index (χ2v) is 10.3. The summed E-state index contributed by atoms with van der Waals surface area (Å²) in [5.74, 6) is 2.16. The molecule has 0 bridgehead atoms. The molecule has 0 N–H and O–H groups in total. The predicted octanol–water partition coefficient (Wildman–Crippen LogP) is 7.10. The van der Waals surface area contributed by atoms with Crippen molar-refractivity contribution < 1.29 is 9.47 Å². The fraction of sp³-hybridized carbons (Fsp3) is 0.538. The second-order valence-electron chi connectivity index (χ2n) is 9.20. The molecule has 31 heavy (non-hydrogen) atoms. The lowest BCUT2D eigenvalue weighted by Gasteiger charge is -2.33. The van der Waals surface area contributed by atoms with Crippen LogP contribution < -0.4 is 9.47 Å². The molecule has 0 saturated carbocycles. The zero-order valence-corrected chi connectivity index (χ0v) is 20.3. The van der Waals surface area contributed by atoms with E-state index < -0.39 is 0 Å². The highest BCUT2D eigenvalue weighted by molar-refractivity contribution is 7.16. The molecule has 1 aromatic carbocycles. The minimum absolute atomic E-state index is 0.286. The number of unbranched alkanes of at least 4 members (excludes halogenated alkanes) is 1. The average Bonchev–Trinajstić information content (AvgIpc) is 3.10. The Balaban J connectivity index is 1.83. The quantitative estimate of drug-likeness (QED) is 0.326. The molecule has 1 aliphatic carbocycles. The number of thiophene rings is 1. The van der Waals surface area contributed by atoms with Gasteiger partial charge >= 0.3 is 0 Å². The molecule has 0 unspecified atom stereocenters. The van der Waals surface area contributed by atoms with Crippen molar-refractivity contribution in [1.29, 1.82) is 5.26 Å². The van der Waals surface area contributed by atoms with Gasteiger partial charge in [-0.3, -0.25) is 0 Å². The molecule has 0 amide bonds. The van der Waals surface area contributed by atoms with E-state index in [9.17, 15) is 5.26 Å². The highest BCUT2D eigenvalue weighted by Crippen LogP contribution is 2.44. The molecule has 1 atom stereocenters. The summed E-state index contributed by atoms with van der Waals surface area (Å²) in [6, 6.07) is 8.31. The first kappa shape index (κ1) is 23.3. The molecule has 3 rings (SSSR count). The third-order valence-electron chi connectivity index (χ3n) is 5.94. The Kier molecular flexibility index (Phi) is 7.78. The molecule has 1 aliphatic rings. The summed E-state index contributed by atoms with van der Waals surface area (Å²) in [7, 11) is 0. The van der Waals surface area contributed by atoms with Gasteiger partial charge in [0.05, 0.1) is 18.8 Å². The van der Waals surface area contributed by atoms with Gasteiger partial charge in [0.25, 0.3) is 0 Å². The number of nitriles is 1. The second kappa shape index (κ2) is 10.3. The van der Waals surface area contributed by atoms with E-state index in [4.69, 9.17) is 14.5 Å². The van der Waals surface area contributed by atoms with Crippen LogP contribution in [0.4, 0.5) is 5.00 Å². The number of hydrogen-bond acceptors (Lipinski definition) is 5. The summed E-state index contributed by atoms with van der Waals surface area (Å²) in [6.07, 6.45) is 7.11. The van der Waals surface area contributed by atoms with Crippen molar-refractivity contribution >= 4 is 22.6 Å². The molecule has 2 aromatic rings. The zero-order valence-electron chi connectivity index (χ0n) is 19.5.